The largest absolute Gasteiger partial charge is 0.396 e. The Hall–Kier alpha value is -0.420. The van der Waals surface area contributed by atoms with Gasteiger partial charge in [-0.3, -0.25) is 0 Å². The molecule has 4 nitrogen and oxygen atoms in total. The van der Waals surface area contributed by atoms with Gasteiger partial charge >= 0.3 is 0 Å². The molecule has 0 spiro atoms. The van der Waals surface area contributed by atoms with Crippen LogP contribution in [0.25, 0.3) is 0 Å². The first-order chi connectivity index (χ1) is 13.8. The summed E-state index contributed by atoms with van der Waals surface area (Å²) in [5.74, 6) is 2.68. The lowest BCUT2D eigenvalue weighted by Gasteiger charge is -2.61. The molecule has 0 aromatic rings. The van der Waals surface area contributed by atoms with E-state index < -0.39 is 5.79 Å². The molecule has 0 aliphatic heterocycles. The second-order valence-electron chi connectivity index (χ2n) is 10.9. The predicted octanol–water partition coefficient (Wildman–Crippen LogP) is 4.81. The summed E-state index contributed by atoms with van der Waals surface area (Å²) in [5.41, 5.74) is 1.94. The molecule has 29 heavy (non-hydrogen) atoms. The normalized spacial score (nSPS) is 47.0. The Labute approximate surface area is 177 Å². The van der Waals surface area contributed by atoms with Gasteiger partial charge in [-0.15, -0.1) is 0 Å². The maximum absolute atomic E-state index is 9.84. The van der Waals surface area contributed by atoms with Gasteiger partial charge < -0.3 is 19.3 Å². The maximum atomic E-state index is 9.84. The van der Waals surface area contributed by atoms with Crippen molar-refractivity contribution < 1.29 is 19.3 Å². The summed E-state index contributed by atoms with van der Waals surface area (Å²) >= 11 is 0. The number of methoxy groups -OCH3 is 3. The Bertz CT molecular complexity index is 641. The average molecular weight is 407 g/mol. The number of aliphatic hydroxyl groups is 1. The van der Waals surface area contributed by atoms with E-state index in [1.807, 2.05) is 7.11 Å². The molecular weight excluding hydrogens is 364 g/mol. The molecule has 0 radical (unpaired) electrons. The van der Waals surface area contributed by atoms with Gasteiger partial charge in [-0.25, -0.2) is 0 Å². The monoisotopic (exact) mass is 406 g/mol. The zero-order chi connectivity index (χ0) is 21.0. The van der Waals surface area contributed by atoms with Crippen LogP contribution in [-0.2, 0) is 14.2 Å². The van der Waals surface area contributed by atoms with Crippen LogP contribution in [0.5, 0.6) is 0 Å². The van der Waals surface area contributed by atoms with Crippen molar-refractivity contribution in [3.63, 3.8) is 0 Å². The van der Waals surface area contributed by atoms with E-state index in [2.05, 4.69) is 26.8 Å². The van der Waals surface area contributed by atoms with Crippen LogP contribution >= 0.6 is 0 Å². The summed E-state index contributed by atoms with van der Waals surface area (Å²) in [4.78, 5) is 0. The molecule has 8 atom stereocenters. The lowest BCUT2D eigenvalue weighted by molar-refractivity contribution is -0.253. The first kappa shape index (κ1) is 21.8. The van der Waals surface area contributed by atoms with Crippen LogP contribution in [0.15, 0.2) is 11.6 Å². The number of ether oxygens (including phenoxy) is 3. The summed E-state index contributed by atoms with van der Waals surface area (Å²) in [6.45, 7) is 7.58. The lowest BCUT2D eigenvalue weighted by atomic mass is 9.46. The molecule has 0 aromatic carbocycles. The fourth-order valence-corrected chi connectivity index (χ4v) is 8.49. The molecule has 4 aliphatic carbocycles. The number of allylic oxidation sites excluding steroid dienone is 1. The highest BCUT2D eigenvalue weighted by molar-refractivity contribution is 5.29. The zero-order valence-electron chi connectivity index (χ0n) is 19.4. The predicted molar refractivity (Wildman–Crippen MR) is 114 cm³/mol. The number of hydrogen-bond donors (Lipinski definition) is 1. The van der Waals surface area contributed by atoms with Gasteiger partial charge in [0.15, 0.2) is 5.79 Å². The molecule has 3 saturated carbocycles. The highest BCUT2D eigenvalue weighted by Gasteiger charge is 2.62. The minimum absolute atomic E-state index is 0.0697. The van der Waals surface area contributed by atoms with E-state index in [0.29, 0.717) is 29.8 Å². The maximum Gasteiger partial charge on any atom is 0.173 e. The van der Waals surface area contributed by atoms with Crippen molar-refractivity contribution in [2.24, 2.45) is 40.4 Å². The highest BCUT2D eigenvalue weighted by atomic mass is 16.7. The second kappa shape index (κ2) is 7.62. The van der Waals surface area contributed by atoms with Crippen molar-refractivity contribution in [1.29, 1.82) is 0 Å². The molecule has 4 heteroatoms. The number of aliphatic hydroxyl groups excluding tert-OH is 1. The van der Waals surface area contributed by atoms with Crippen molar-refractivity contribution in [3.8, 4) is 0 Å². The molecule has 1 N–H and O–H groups in total. The van der Waals surface area contributed by atoms with Crippen LogP contribution in [0.2, 0.25) is 0 Å². The number of fused-ring (bicyclic) bond motifs is 5. The summed E-state index contributed by atoms with van der Waals surface area (Å²) < 4.78 is 17.9. The van der Waals surface area contributed by atoms with Crippen LogP contribution in [-0.4, -0.2) is 44.9 Å². The Balaban J connectivity index is 1.67. The fraction of sp³-hybridized carbons (Fsp3) is 0.920. The molecule has 0 aromatic heterocycles. The fourth-order valence-electron chi connectivity index (χ4n) is 8.49. The van der Waals surface area contributed by atoms with E-state index >= 15 is 0 Å². The number of rotatable bonds is 5. The van der Waals surface area contributed by atoms with Crippen molar-refractivity contribution in [3.05, 3.63) is 11.6 Å². The van der Waals surface area contributed by atoms with E-state index in [0.717, 1.165) is 24.7 Å². The highest BCUT2D eigenvalue weighted by Crippen LogP contribution is 2.68. The van der Waals surface area contributed by atoms with Gasteiger partial charge in [-0.05, 0) is 67.1 Å². The SMILES string of the molecule is CO[C@H]1CC(OC)(OC)CC2=CC[C@H]3[C@@H]4CC[C@H]([C@H](C)CO)[C@@]4(C)CC[C@@H]3[C@]21C. The molecule has 0 bridgehead atoms. The van der Waals surface area contributed by atoms with Crippen molar-refractivity contribution >= 4 is 0 Å². The molecular formula is C25H42O4. The van der Waals surface area contributed by atoms with Gasteiger partial charge in [0.1, 0.15) is 0 Å². The molecule has 4 rings (SSSR count). The van der Waals surface area contributed by atoms with Crippen LogP contribution in [0.4, 0.5) is 0 Å². The van der Waals surface area contributed by atoms with Crippen molar-refractivity contribution in [2.75, 3.05) is 27.9 Å². The molecule has 0 heterocycles. The topological polar surface area (TPSA) is 47.9 Å². The Morgan fingerprint density at radius 1 is 1.10 bits per heavy atom. The Kier molecular flexibility index (Phi) is 5.72. The third-order valence-electron chi connectivity index (χ3n) is 10.2. The van der Waals surface area contributed by atoms with E-state index in [-0.39, 0.29) is 11.5 Å². The average Bonchev–Trinajstić information content (AvgIpc) is 3.09. The Morgan fingerprint density at radius 3 is 2.45 bits per heavy atom. The van der Waals surface area contributed by atoms with E-state index in [4.69, 9.17) is 14.2 Å². The van der Waals surface area contributed by atoms with Gasteiger partial charge in [-0.2, -0.15) is 0 Å². The molecule has 0 unspecified atom stereocenters. The first-order valence-electron chi connectivity index (χ1n) is 11.7. The zero-order valence-corrected chi connectivity index (χ0v) is 19.4. The van der Waals surface area contributed by atoms with Gasteiger partial charge in [0.25, 0.3) is 0 Å². The van der Waals surface area contributed by atoms with Crippen LogP contribution in [0.3, 0.4) is 0 Å². The molecule has 0 saturated heterocycles. The first-order valence-corrected chi connectivity index (χ1v) is 11.7. The summed E-state index contributed by atoms with van der Waals surface area (Å²) in [7, 11) is 5.39. The molecule has 4 aliphatic rings. The van der Waals surface area contributed by atoms with Crippen molar-refractivity contribution in [2.45, 2.75) is 77.6 Å². The number of hydrogen-bond acceptors (Lipinski definition) is 4. The van der Waals surface area contributed by atoms with Crippen LogP contribution in [0, 0.1) is 40.4 Å². The summed E-state index contributed by atoms with van der Waals surface area (Å²) in [5, 5.41) is 9.84. The Morgan fingerprint density at radius 2 is 1.83 bits per heavy atom. The van der Waals surface area contributed by atoms with E-state index in [9.17, 15) is 5.11 Å². The lowest BCUT2D eigenvalue weighted by Crippen LogP contribution is -2.59. The molecule has 166 valence electrons. The van der Waals surface area contributed by atoms with Crippen molar-refractivity contribution in [1.82, 2.24) is 0 Å². The van der Waals surface area contributed by atoms with Gasteiger partial charge in [0.05, 0.1) is 6.10 Å². The quantitative estimate of drug-likeness (QED) is 0.526. The standard InChI is InChI=1S/C25H42O4/c1-16(15-26)19-9-10-20-18-8-7-17-13-25(28-5,29-6)14-22(27-4)24(17,3)21(18)11-12-23(19,20)2/h7,16,18-22,26H,8-15H2,1-6H3/t16-,18+,19-,20+,21+,22+,23-,24+/m1/s1. The van der Waals surface area contributed by atoms with E-state index in [1.165, 1.54) is 37.7 Å². The molecule has 0 amide bonds. The summed E-state index contributed by atoms with van der Waals surface area (Å²) in [6.07, 6.45) is 10.6. The van der Waals surface area contributed by atoms with E-state index in [1.54, 1.807) is 14.2 Å². The minimum atomic E-state index is -0.558. The summed E-state index contributed by atoms with van der Waals surface area (Å²) in [6, 6.07) is 0. The van der Waals surface area contributed by atoms with Gasteiger partial charge in [0, 0.05) is 46.2 Å². The van der Waals surface area contributed by atoms with Crippen LogP contribution in [0.1, 0.15) is 65.7 Å². The minimum Gasteiger partial charge on any atom is -0.396 e. The third kappa shape index (κ3) is 3.00. The second-order valence-corrected chi connectivity index (χ2v) is 10.9. The smallest absolute Gasteiger partial charge is 0.173 e. The van der Waals surface area contributed by atoms with Gasteiger partial charge in [0.2, 0.25) is 0 Å². The van der Waals surface area contributed by atoms with Gasteiger partial charge in [-0.1, -0.05) is 32.4 Å². The van der Waals surface area contributed by atoms with Crippen LogP contribution < -0.4 is 0 Å². The molecule has 3 fully saturated rings. The third-order valence-corrected chi connectivity index (χ3v) is 10.2.